The highest BCUT2D eigenvalue weighted by atomic mass is 32.1. The highest BCUT2D eigenvalue weighted by Crippen LogP contribution is 2.31. The highest BCUT2D eigenvalue weighted by Gasteiger charge is 2.41. The highest BCUT2D eigenvalue weighted by molar-refractivity contribution is 7.10. The molecule has 5 nitrogen and oxygen atoms in total. The van der Waals surface area contributed by atoms with Gasteiger partial charge in [0, 0.05) is 4.88 Å². The summed E-state index contributed by atoms with van der Waals surface area (Å²) in [6.07, 6.45) is 3.00. The molecule has 0 spiro atoms. The molecule has 1 atom stereocenters. The van der Waals surface area contributed by atoms with Crippen LogP contribution in [-0.4, -0.2) is 17.5 Å². The van der Waals surface area contributed by atoms with Gasteiger partial charge < -0.3 is 16.4 Å². The van der Waals surface area contributed by atoms with Crippen LogP contribution in [0.2, 0.25) is 0 Å². The number of hydrogen-bond donors (Lipinski definition) is 3. The molecule has 2 aromatic rings. The minimum Gasteiger partial charge on any atom is -0.368 e. The monoisotopic (exact) mass is 357 g/mol. The van der Waals surface area contributed by atoms with Crippen LogP contribution < -0.4 is 16.4 Å². The Morgan fingerprint density at radius 3 is 2.48 bits per heavy atom. The van der Waals surface area contributed by atoms with Crippen LogP contribution in [0.15, 0.2) is 41.8 Å². The number of nitrogens with two attached hydrogens (primary N) is 1. The lowest BCUT2D eigenvalue weighted by molar-refractivity contribution is -0.123. The van der Waals surface area contributed by atoms with Crippen molar-refractivity contribution in [3.05, 3.63) is 57.8 Å². The summed E-state index contributed by atoms with van der Waals surface area (Å²) < 4.78 is 0. The third-order valence-corrected chi connectivity index (χ3v) is 5.82. The van der Waals surface area contributed by atoms with E-state index < -0.39 is 11.4 Å². The zero-order valence-electron chi connectivity index (χ0n) is 14.2. The van der Waals surface area contributed by atoms with Crippen LogP contribution in [0.1, 0.15) is 47.7 Å². The lowest BCUT2D eigenvalue weighted by Gasteiger charge is -2.28. The third-order valence-electron chi connectivity index (χ3n) is 4.88. The lowest BCUT2D eigenvalue weighted by atomic mass is 9.97. The van der Waals surface area contributed by atoms with E-state index in [0.717, 1.165) is 28.8 Å². The Morgan fingerprint density at radius 2 is 1.88 bits per heavy atom. The van der Waals surface area contributed by atoms with E-state index in [-0.39, 0.29) is 12.1 Å². The Hall–Kier alpha value is -2.34. The van der Waals surface area contributed by atoms with Crippen molar-refractivity contribution < 1.29 is 9.59 Å². The zero-order valence-corrected chi connectivity index (χ0v) is 15.1. The van der Waals surface area contributed by atoms with Gasteiger partial charge in [0.2, 0.25) is 5.91 Å². The number of urea groups is 1. The van der Waals surface area contributed by atoms with Gasteiger partial charge in [0.15, 0.2) is 0 Å². The Morgan fingerprint density at radius 1 is 1.16 bits per heavy atom. The van der Waals surface area contributed by atoms with Crippen molar-refractivity contribution in [2.75, 3.05) is 0 Å². The van der Waals surface area contributed by atoms with E-state index in [4.69, 9.17) is 5.73 Å². The Bertz CT molecular complexity index is 752. The maximum Gasteiger partial charge on any atom is 0.316 e. The predicted octanol–water partition coefficient (Wildman–Crippen LogP) is 3.24. The summed E-state index contributed by atoms with van der Waals surface area (Å²) in [6.45, 7) is 2.03. The van der Waals surface area contributed by atoms with E-state index in [1.165, 1.54) is 0 Å². The van der Waals surface area contributed by atoms with E-state index in [0.29, 0.717) is 12.8 Å². The number of carbonyl (C=O) groups is 2. The number of thiophene rings is 1. The average molecular weight is 357 g/mol. The molecule has 1 saturated carbocycles. The fourth-order valence-electron chi connectivity index (χ4n) is 3.46. The molecule has 4 N–H and O–H groups in total. The molecule has 25 heavy (non-hydrogen) atoms. The molecular formula is C19H23N3O2S. The van der Waals surface area contributed by atoms with Crippen LogP contribution in [0.3, 0.4) is 0 Å². The molecule has 0 saturated heterocycles. The topological polar surface area (TPSA) is 84.2 Å². The molecule has 0 bridgehead atoms. The van der Waals surface area contributed by atoms with Gasteiger partial charge in [0.25, 0.3) is 0 Å². The SMILES string of the molecule is Cc1ccccc1[C@H](NC(=O)NC1(C(N)=O)CCCC1)c1cccs1. The number of carbonyl (C=O) groups excluding carboxylic acids is 2. The largest absolute Gasteiger partial charge is 0.368 e. The van der Waals surface area contributed by atoms with Gasteiger partial charge in [-0.25, -0.2) is 4.79 Å². The molecule has 0 unspecified atom stereocenters. The van der Waals surface area contributed by atoms with Crippen LogP contribution >= 0.6 is 11.3 Å². The fraction of sp³-hybridized carbons (Fsp3) is 0.368. The Balaban J connectivity index is 1.82. The summed E-state index contributed by atoms with van der Waals surface area (Å²) in [5, 5.41) is 7.88. The molecule has 1 aliphatic rings. The standard InChI is InChI=1S/C19H23N3O2S/c1-13-7-2-3-8-14(13)16(15-9-6-12-25-15)21-18(24)22-19(17(20)23)10-4-5-11-19/h2-3,6-9,12,16H,4-5,10-11H2,1H3,(H2,20,23)(H2,21,22,24)/t16-/m0/s1. The molecule has 3 rings (SSSR count). The number of primary amides is 1. The van der Waals surface area contributed by atoms with Crippen molar-refractivity contribution in [1.82, 2.24) is 10.6 Å². The summed E-state index contributed by atoms with van der Waals surface area (Å²) in [6, 6.07) is 11.3. The molecular weight excluding hydrogens is 334 g/mol. The second-order valence-corrected chi connectivity index (χ2v) is 7.54. The van der Waals surface area contributed by atoms with Crippen molar-refractivity contribution in [3.63, 3.8) is 0 Å². The van der Waals surface area contributed by atoms with Crippen molar-refractivity contribution in [2.24, 2.45) is 5.73 Å². The van der Waals surface area contributed by atoms with E-state index >= 15 is 0 Å². The van der Waals surface area contributed by atoms with Crippen LogP contribution in [0, 0.1) is 6.92 Å². The first-order chi connectivity index (χ1) is 12.0. The summed E-state index contributed by atoms with van der Waals surface area (Å²) in [5.74, 6) is -0.455. The molecule has 0 aliphatic heterocycles. The number of aryl methyl sites for hydroxylation is 1. The van der Waals surface area contributed by atoms with E-state index in [1.54, 1.807) is 11.3 Å². The van der Waals surface area contributed by atoms with Gasteiger partial charge in [-0.05, 0) is 42.3 Å². The number of nitrogens with one attached hydrogen (secondary N) is 2. The number of amides is 3. The van der Waals surface area contributed by atoms with Gasteiger partial charge in [-0.15, -0.1) is 11.3 Å². The normalized spacial score (nSPS) is 17.0. The average Bonchev–Trinajstić information content (AvgIpc) is 3.26. The van der Waals surface area contributed by atoms with Crippen molar-refractivity contribution >= 4 is 23.3 Å². The lowest BCUT2D eigenvalue weighted by Crippen LogP contribution is -2.58. The molecule has 0 radical (unpaired) electrons. The molecule has 1 aliphatic carbocycles. The van der Waals surface area contributed by atoms with Crippen molar-refractivity contribution in [3.8, 4) is 0 Å². The minimum absolute atomic E-state index is 0.257. The minimum atomic E-state index is -0.921. The Kier molecular flexibility index (Phi) is 5.08. The maximum absolute atomic E-state index is 12.7. The molecule has 132 valence electrons. The second-order valence-electron chi connectivity index (χ2n) is 6.56. The first kappa shape index (κ1) is 17.5. The first-order valence-electron chi connectivity index (χ1n) is 8.49. The fourth-order valence-corrected chi connectivity index (χ4v) is 4.26. The van der Waals surface area contributed by atoms with Gasteiger partial charge in [-0.2, -0.15) is 0 Å². The predicted molar refractivity (Wildman–Crippen MR) is 99.4 cm³/mol. The molecule has 1 aromatic carbocycles. The molecule has 1 fully saturated rings. The Labute approximate surface area is 151 Å². The van der Waals surface area contributed by atoms with Gasteiger partial charge in [0.1, 0.15) is 5.54 Å². The number of rotatable bonds is 5. The van der Waals surface area contributed by atoms with Gasteiger partial charge >= 0.3 is 6.03 Å². The molecule has 1 heterocycles. The summed E-state index contributed by atoms with van der Waals surface area (Å²) >= 11 is 1.59. The van der Waals surface area contributed by atoms with Crippen LogP contribution in [0.25, 0.3) is 0 Å². The van der Waals surface area contributed by atoms with E-state index in [2.05, 4.69) is 10.6 Å². The van der Waals surface area contributed by atoms with Crippen molar-refractivity contribution in [2.45, 2.75) is 44.2 Å². The molecule has 1 aromatic heterocycles. The third kappa shape index (κ3) is 3.69. The summed E-state index contributed by atoms with van der Waals surface area (Å²) in [5.41, 5.74) is 6.79. The smallest absolute Gasteiger partial charge is 0.316 e. The van der Waals surface area contributed by atoms with Gasteiger partial charge in [0.05, 0.1) is 6.04 Å². The maximum atomic E-state index is 12.7. The summed E-state index contributed by atoms with van der Waals surface area (Å²) in [4.78, 5) is 25.6. The quantitative estimate of drug-likeness (QED) is 0.767. The van der Waals surface area contributed by atoms with Gasteiger partial charge in [-0.1, -0.05) is 43.2 Å². The van der Waals surface area contributed by atoms with E-state index in [1.807, 2.05) is 48.7 Å². The summed E-state index contributed by atoms with van der Waals surface area (Å²) in [7, 11) is 0. The van der Waals surface area contributed by atoms with Crippen LogP contribution in [0.4, 0.5) is 4.79 Å². The zero-order chi connectivity index (χ0) is 17.9. The van der Waals surface area contributed by atoms with Gasteiger partial charge in [-0.3, -0.25) is 4.79 Å². The van der Waals surface area contributed by atoms with Crippen molar-refractivity contribution in [1.29, 1.82) is 0 Å². The van der Waals surface area contributed by atoms with E-state index in [9.17, 15) is 9.59 Å². The van der Waals surface area contributed by atoms with Crippen LogP contribution in [0.5, 0.6) is 0 Å². The first-order valence-corrected chi connectivity index (χ1v) is 9.37. The second kappa shape index (κ2) is 7.27. The number of benzene rings is 1. The molecule has 6 heteroatoms. The number of hydrogen-bond acceptors (Lipinski definition) is 3. The molecule has 3 amide bonds. The van der Waals surface area contributed by atoms with Crippen LogP contribution in [-0.2, 0) is 4.79 Å².